The lowest BCUT2D eigenvalue weighted by molar-refractivity contribution is 0.0259. The Hall–Kier alpha value is -0.123. The summed E-state index contributed by atoms with van der Waals surface area (Å²) in [6.45, 7) is 20.6. The Labute approximate surface area is 103 Å². The molecule has 96 valence electrons. The van der Waals surface area contributed by atoms with Crippen molar-refractivity contribution < 1.29 is 8.85 Å². The molecular weight excluding hydrogens is 216 g/mol. The van der Waals surface area contributed by atoms with Gasteiger partial charge in [-0.25, -0.2) is 0 Å². The summed E-state index contributed by atoms with van der Waals surface area (Å²) in [5, 5.41) is -0.0689. The van der Waals surface area contributed by atoms with Crippen molar-refractivity contribution in [1.29, 1.82) is 0 Å². The maximum atomic E-state index is 6.11. The van der Waals surface area contributed by atoms with Crippen LogP contribution in [0.1, 0.15) is 55.4 Å². The second kappa shape index (κ2) is 5.03. The maximum Gasteiger partial charge on any atom is 0.332 e. The fourth-order valence-electron chi connectivity index (χ4n) is 1.07. The number of allylic oxidation sites excluding steroid dienone is 1. The maximum absolute atomic E-state index is 6.11. The summed E-state index contributed by atoms with van der Waals surface area (Å²) >= 11 is 0. The standard InChI is InChI=1S/C13H28O2Si/c1-10-13(8,9)16(14-11(2,3)4)15-12(5,6)7/h10,16H,1H2,2-9H3. The number of rotatable bonds is 4. The molecule has 0 aliphatic heterocycles. The van der Waals surface area contributed by atoms with Gasteiger partial charge in [0.1, 0.15) is 0 Å². The molecule has 0 aromatic heterocycles. The predicted molar refractivity (Wildman–Crippen MR) is 73.1 cm³/mol. The monoisotopic (exact) mass is 244 g/mol. The molecule has 0 saturated carbocycles. The third kappa shape index (κ3) is 6.46. The van der Waals surface area contributed by atoms with E-state index in [1.54, 1.807) is 0 Å². The first-order valence-electron chi connectivity index (χ1n) is 5.87. The zero-order valence-corrected chi connectivity index (χ0v) is 13.3. The van der Waals surface area contributed by atoms with Crippen molar-refractivity contribution in [2.75, 3.05) is 0 Å². The van der Waals surface area contributed by atoms with E-state index in [0.29, 0.717) is 0 Å². The van der Waals surface area contributed by atoms with Crippen molar-refractivity contribution in [3.05, 3.63) is 12.7 Å². The van der Waals surface area contributed by atoms with Crippen LogP contribution in [0.3, 0.4) is 0 Å². The Kier molecular flexibility index (Phi) is 4.99. The summed E-state index contributed by atoms with van der Waals surface area (Å²) in [6.07, 6.45) is 1.95. The molecule has 0 aromatic rings. The molecule has 0 heterocycles. The molecule has 0 bridgehead atoms. The quantitative estimate of drug-likeness (QED) is 0.553. The Bertz CT molecular complexity index is 217. The summed E-state index contributed by atoms with van der Waals surface area (Å²) in [4.78, 5) is 0. The van der Waals surface area contributed by atoms with Crippen LogP contribution in [-0.2, 0) is 8.85 Å². The van der Waals surface area contributed by atoms with E-state index in [4.69, 9.17) is 8.85 Å². The molecule has 0 saturated heterocycles. The summed E-state index contributed by atoms with van der Waals surface area (Å²) in [7, 11) is -1.81. The molecule has 3 heteroatoms. The van der Waals surface area contributed by atoms with Crippen LogP contribution in [0.25, 0.3) is 0 Å². The van der Waals surface area contributed by atoms with Crippen LogP contribution in [0.5, 0.6) is 0 Å². The minimum atomic E-state index is -1.81. The van der Waals surface area contributed by atoms with Gasteiger partial charge in [-0.3, -0.25) is 0 Å². The minimum Gasteiger partial charge on any atom is -0.391 e. The van der Waals surface area contributed by atoms with Crippen molar-refractivity contribution in [3.63, 3.8) is 0 Å². The molecule has 2 nitrogen and oxygen atoms in total. The van der Waals surface area contributed by atoms with Crippen molar-refractivity contribution in [3.8, 4) is 0 Å². The Morgan fingerprint density at radius 1 is 0.812 bits per heavy atom. The van der Waals surface area contributed by atoms with Crippen LogP contribution in [0.15, 0.2) is 12.7 Å². The van der Waals surface area contributed by atoms with Crippen molar-refractivity contribution in [2.24, 2.45) is 0 Å². The fraction of sp³-hybridized carbons (Fsp3) is 0.846. The van der Waals surface area contributed by atoms with Crippen molar-refractivity contribution in [1.82, 2.24) is 0 Å². The van der Waals surface area contributed by atoms with Gasteiger partial charge in [0.2, 0.25) is 0 Å². The van der Waals surface area contributed by atoms with Gasteiger partial charge in [0.05, 0.1) is 0 Å². The van der Waals surface area contributed by atoms with Gasteiger partial charge in [0, 0.05) is 16.2 Å². The lowest BCUT2D eigenvalue weighted by Gasteiger charge is -2.38. The van der Waals surface area contributed by atoms with E-state index in [9.17, 15) is 0 Å². The second-order valence-electron chi connectivity index (χ2n) is 6.82. The highest BCUT2D eigenvalue weighted by Crippen LogP contribution is 2.35. The first kappa shape index (κ1) is 15.9. The van der Waals surface area contributed by atoms with Gasteiger partial charge in [0.15, 0.2) is 0 Å². The topological polar surface area (TPSA) is 18.5 Å². The molecular formula is C13H28O2Si. The van der Waals surface area contributed by atoms with Gasteiger partial charge in [-0.2, -0.15) is 0 Å². The van der Waals surface area contributed by atoms with E-state index >= 15 is 0 Å². The van der Waals surface area contributed by atoms with Gasteiger partial charge < -0.3 is 8.85 Å². The summed E-state index contributed by atoms with van der Waals surface area (Å²) in [5.74, 6) is 0. The van der Waals surface area contributed by atoms with E-state index < -0.39 is 9.28 Å². The van der Waals surface area contributed by atoms with Crippen molar-refractivity contribution >= 4 is 9.28 Å². The van der Waals surface area contributed by atoms with Crippen LogP contribution in [0.4, 0.5) is 0 Å². The Balaban J connectivity index is 4.85. The third-order valence-corrected chi connectivity index (χ3v) is 5.35. The van der Waals surface area contributed by atoms with Gasteiger partial charge in [-0.1, -0.05) is 19.9 Å². The summed E-state index contributed by atoms with van der Waals surface area (Å²) in [5.41, 5.74) is -0.329. The molecule has 0 atom stereocenters. The zero-order chi connectivity index (χ0) is 13.2. The molecule has 0 aromatic carbocycles. The molecule has 0 radical (unpaired) electrons. The van der Waals surface area contributed by atoms with Gasteiger partial charge in [-0.05, 0) is 41.5 Å². The lowest BCUT2D eigenvalue weighted by Crippen LogP contribution is -2.44. The van der Waals surface area contributed by atoms with Crippen LogP contribution >= 0.6 is 0 Å². The lowest BCUT2D eigenvalue weighted by atomic mass is 10.2. The molecule has 0 aliphatic carbocycles. The van der Waals surface area contributed by atoms with Gasteiger partial charge >= 0.3 is 9.28 Å². The molecule has 0 rings (SSSR count). The number of hydrogen-bond acceptors (Lipinski definition) is 2. The van der Waals surface area contributed by atoms with Crippen LogP contribution in [-0.4, -0.2) is 20.5 Å². The third-order valence-electron chi connectivity index (χ3n) is 2.05. The first-order chi connectivity index (χ1) is 6.87. The largest absolute Gasteiger partial charge is 0.391 e. The number of hydrogen-bond donors (Lipinski definition) is 0. The second-order valence-corrected chi connectivity index (χ2v) is 9.44. The Morgan fingerprint density at radius 2 is 1.12 bits per heavy atom. The highest BCUT2D eigenvalue weighted by molar-refractivity contribution is 6.49. The fourth-order valence-corrected chi connectivity index (χ4v) is 3.20. The molecule has 0 fully saturated rings. The van der Waals surface area contributed by atoms with E-state index in [1.807, 2.05) is 6.08 Å². The Morgan fingerprint density at radius 3 is 1.31 bits per heavy atom. The summed E-state index contributed by atoms with van der Waals surface area (Å²) in [6, 6.07) is 0. The highest BCUT2D eigenvalue weighted by Gasteiger charge is 2.37. The normalized spacial score (nSPS) is 14.3. The molecule has 16 heavy (non-hydrogen) atoms. The SMILES string of the molecule is C=CC(C)(C)[SiH](OC(C)(C)C)OC(C)(C)C. The van der Waals surface area contributed by atoms with E-state index in [1.165, 1.54) is 0 Å². The van der Waals surface area contributed by atoms with E-state index in [0.717, 1.165) is 0 Å². The minimum absolute atomic E-state index is 0.0689. The first-order valence-corrected chi connectivity index (χ1v) is 7.39. The average Bonchev–Trinajstić information content (AvgIpc) is 1.97. The van der Waals surface area contributed by atoms with Gasteiger partial charge in [-0.15, -0.1) is 6.58 Å². The van der Waals surface area contributed by atoms with E-state index in [-0.39, 0.29) is 16.2 Å². The van der Waals surface area contributed by atoms with Gasteiger partial charge in [0.25, 0.3) is 0 Å². The van der Waals surface area contributed by atoms with Crippen LogP contribution in [0, 0.1) is 0 Å². The molecule has 0 spiro atoms. The molecule has 0 unspecified atom stereocenters. The molecule has 0 N–H and O–H groups in total. The van der Waals surface area contributed by atoms with E-state index in [2.05, 4.69) is 62.0 Å². The zero-order valence-electron chi connectivity index (χ0n) is 12.2. The molecule has 0 amide bonds. The van der Waals surface area contributed by atoms with Crippen molar-refractivity contribution in [2.45, 2.75) is 71.6 Å². The molecule has 0 aliphatic rings. The summed E-state index contributed by atoms with van der Waals surface area (Å²) < 4.78 is 12.2. The predicted octanol–water partition coefficient (Wildman–Crippen LogP) is 3.80. The van der Waals surface area contributed by atoms with Crippen LogP contribution < -0.4 is 0 Å². The average molecular weight is 244 g/mol. The smallest absolute Gasteiger partial charge is 0.332 e. The highest BCUT2D eigenvalue weighted by atomic mass is 28.3. The van der Waals surface area contributed by atoms with Crippen LogP contribution in [0.2, 0.25) is 5.04 Å².